The molecule has 4 rings (SSSR count). The Bertz CT molecular complexity index is 1280. The Morgan fingerprint density at radius 3 is 2.60 bits per heavy atom. The third-order valence-electron chi connectivity index (χ3n) is 5.14. The molecule has 0 aliphatic rings. The predicted molar refractivity (Wildman–Crippen MR) is 117 cm³/mol. The molecule has 0 saturated carbocycles. The van der Waals surface area contributed by atoms with Gasteiger partial charge in [-0.15, -0.1) is 11.3 Å². The van der Waals surface area contributed by atoms with Crippen molar-refractivity contribution >= 4 is 27.5 Å². The van der Waals surface area contributed by atoms with Crippen molar-refractivity contribution in [3.63, 3.8) is 0 Å². The molecule has 154 valence electrons. The molecule has 0 atom stereocenters. The minimum absolute atomic E-state index is 0.105. The molecule has 3 aromatic heterocycles. The molecule has 0 radical (unpaired) electrons. The van der Waals surface area contributed by atoms with Crippen LogP contribution >= 0.6 is 11.3 Å². The second-order valence-electron chi connectivity index (χ2n) is 7.41. The second-order valence-corrected chi connectivity index (χ2v) is 8.27. The van der Waals surface area contributed by atoms with Gasteiger partial charge >= 0.3 is 5.97 Å². The number of carbonyl (C=O) groups is 1. The van der Waals surface area contributed by atoms with E-state index < -0.39 is 5.97 Å². The first-order valence-corrected chi connectivity index (χ1v) is 10.5. The van der Waals surface area contributed by atoms with E-state index in [0.717, 1.165) is 11.1 Å². The van der Waals surface area contributed by atoms with Crippen LogP contribution in [0.3, 0.4) is 0 Å². The zero-order valence-electron chi connectivity index (χ0n) is 17.3. The number of rotatable bonds is 5. The highest BCUT2D eigenvalue weighted by molar-refractivity contribution is 7.17. The molecule has 0 bridgehead atoms. The number of methoxy groups -OCH3 is 1. The maximum absolute atomic E-state index is 13.4. The zero-order chi connectivity index (χ0) is 21.4. The first kappa shape index (κ1) is 20.1. The van der Waals surface area contributed by atoms with Crippen molar-refractivity contribution in [1.82, 2.24) is 9.55 Å². The van der Waals surface area contributed by atoms with E-state index in [2.05, 4.69) is 47.8 Å². The number of aryl methyl sites for hydroxylation is 1. The summed E-state index contributed by atoms with van der Waals surface area (Å²) in [6, 6.07) is 11.5. The normalized spacial score (nSPS) is 11.4. The van der Waals surface area contributed by atoms with E-state index in [-0.39, 0.29) is 17.9 Å². The lowest BCUT2D eigenvalue weighted by molar-refractivity contribution is 0.0563. The second kappa shape index (κ2) is 7.91. The first-order chi connectivity index (χ1) is 14.4. The van der Waals surface area contributed by atoms with Crippen LogP contribution in [-0.2, 0) is 11.3 Å². The molecule has 0 aliphatic carbocycles. The number of thiophene rings is 1. The lowest BCUT2D eigenvalue weighted by Gasteiger charge is -2.09. The summed E-state index contributed by atoms with van der Waals surface area (Å²) in [5.74, 6) is 1.08. The number of hydrogen-bond acceptors (Lipinski definition) is 6. The molecule has 0 saturated heterocycles. The number of ether oxygens (including phenoxy) is 1. The molecule has 0 fully saturated rings. The molecule has 1 aromatic carbocycles. The Balaban J connectivity index is 1.77. The Morgan fingerprint density at radius 2 is 1.93 bits per heavy atom. The molecular weight excluding hydrogens is 400 g/mol. The number of furan rings is 1. The summed E-state index contributed by atoms with van der Waals surface area (Å²) in [6.07, 6.45) is 0. The van der Waals surface area contributed by atoms with Crippen LogP contribution in [0, 0.1) is 6.92 Å². The highest BCUT2D eigenvalue weighted by Crippen LogP contribution is 2.32. The summed E-state index contributed by atoms with van der Waals surface area (Å²) >= 11 is 1.46. The van der Waals surface area contributed by atoms with E-state index in [9.17, 15) is 9.59 Å². The van der Waals surface area contributed by atoms with Crippen LogP contribution in [0.1, 0.15) is 47.5 Å². The van der Waals surface area contributed by atoms with Crippen molar-refractivity contribution in [2.24, 2.45) is 0 Å². The van der Waals surface area contributed by atoms with E-state index in [1.54, 1.807) is 23.6 Å². The van der Waals surface area contributed by atoms with Gasteiger partial charge in [0, 0.05) is 10.9 Å². The van der Waals surface area contributed by atoms with Crippen LogP contribution in [0.25, 0.3) is 21.3 Å². The summed E-state index contributed by atoms with van der Waals surface area (Å²) in [5, 5.41) is 2.58. The monoisotopic (exact) mass is 422 g/mol. The van der Waals surface area contributed by atoms with Crippen molar-refractivity contribution in [2.75, 3.05) is 7.11 Å². The Labute approximate surface area is 177 Å². The molecule has 0 aliphatic heterocycles. The number of carbonyl (C=O) groups excluding carboxylic acids is 1. The summed E-state index contributed by atoms with van der Waals surface area (Å²) < 4.78 is 11.8. The molecule has 30 heavy (non-hydrogen) atoms. The van der Waals surface area contributed by atoms with Crippen LogP contribution < -0.4 is 5.56 Å². The van der Waals surface area contributed by atoms with Gasteiger partial charge in [0.25, 0.3) is 5.56 Å². The fourth-order valence-electron chi connectivity index (χ4n) is 3.40. The maximum atomic E-state index is 13.4. The minimum Gasteiger partial charge on any atom is -0.463 e. The van der Waals surface area contributed by atoms with Crippen LogP contribution in [0.15, 0.2) is 51.0 Å². The largest absolute Gasteiger partial charge is 0.463 e. The number of fused-ring (bicyclic) bond motifs is 1. The maximum Gasteiger partial charge on any atom is 0.373 e. The molecule has 4 aromatic rings. The van der Waals surface area contributed by atoms with Crippen molar-refractivity contribution in [1.29, 1.82) is 0 Å². The summed E-state index contributed by atoms with van der Waals surface area (Å²) in [6.45, 7) is 6.29. The first-order valence-electron chi connectivity index (χ1n) is 9.65. The van der Waals surface area contributed by atoms with Gasteiger partial charge in [-0.3, -0.25) is 9.36 Å². The van der Waals surface area contributed by atoms with E-state index in [4.69, 9.17) is 4.42 Å². The molecule has 0 unspecified atom stereocenters. The number of nitrogens with zero attached hydrogens (tertiary/aromatic N) is 2. The number of aromatic nitrogens is 2. The highest BCUT2D eigenvalue weighted by Gasteiger charge is 2.18. The molecular formula is C23H22N2O4S. The average Bonchev–Trinajstić information content (AvgIpc) is 3.38. The Hall–Kier alpha value is -3.19. The van der Waals surface area contributed by atoms with E-state index >= 15 is 0 Å². The van der Waals surface area contributed by atoms with Crippen molar-refractivity contribution in [2.45, 2.75) is 33.2 Å². The van der Waals surface area contributed by atoms with Gasteiger partial charge in [0.1, 0.15) is 16.4 Å². The predicted octanol–water partition coefficient (Wildman–Crippen LogP) is 4.98. The zero-order valence-corrected chi connectivity index (χ0v) is 18.1. The fraction of sp³-hybridized carbons (Fsp3) is 0.261. The van der Waals surface area contributed by atoms with Gasteiger partial charge < -0.3 is 9.15 Å². The van der Waals surface area contributed by atoms with Crippen LogP contribution in [0.4, 0.5) is 0 Å². The van der Waals surface area contributed by atoms with Gasteiger partial charge in [-0.2, -0.15) is 0 Å². The fourth-order valence-corrected chi connectivity index (χ4v) is 4.38. The van der Waals surface area contributed by atoms with Gasteiger partial charge in [0.15, 0.2) is 0 Å². The number of hydrogen-bond donors (Lipinski definition) is 0. The number of esters is 1. The summed E-state index contributed by atoms with van der Waals surface area (Å²) in [4.78, 5) is 30.3. The van der Waals surface area contributed by atoms with Crippen LogP contribution in [0.5, 0.6) is 0 Å². The van der Waals surface area contributed by atoms with Crippen molar-refractivity contribution < 1.29 is 13.9 Å². The van der Waals surface area contributed by atoms with Crippen molar-refractivity contribution in [3.8, 4) is 11.1 Å². The molecule has 0 spiro atoms. The van der Waals surface area contributed by atoms with E-state index in [1.165, 1.54) is 24.0 Å². The highest BCUT2D eigenvalue weighted by atomic mass is 32.1. The van der Waals surface area contributed by atoms with E-state index in [1.807, 2.05) is 5.38 Å². The SMILES string of the molecule is COC(=O)c1ccc(Cn2c(C)nc3scc(-c4ccc(C(C)C)cc4)c3c2=O)o1. The average molecular weight is 423 g/mol. The molecule has 7 heteroatoms. The van der Waals surface area contributed by atoms with Gasteiger partial charge in [-0.05, 0) is 36.1 Å². The topological polar surface area (TPSA) is 74.3 Å². The molecule has 6 nitrogen and oxygen atoms in total. The Kier molecular flexibility index (Phi) is 5.30. The third kappa shape index (κ3) is 3.57. The lowest BCUT2D eigenvalue weighted by atomic mass is 9.99. The minimum atomic E-state index is -0.552. The van der Waals surface area contributed by atoms with Crippen molar-refractivity contribution in [3.05, 3.63) is 75.0 Å². The van der Waals surface area contributed by atoms with E-state index in [0.29, 0.717) is 27.7 Å². The molecule has 3 heterocycles. The summed E-state index contributed by atoms with van der Waals surface area (Å²) in [7, 11) is 1.29. The van der Waals surface area contributed by atoms with Crippen LogP contribution in [0.2, 0.25) is 0 Å². The standard InChI is InChI=1S/C23H22N2O4S/c1-13(2)15-5-7-16(8-6-15)18-12-30-21-20(18)22(26)25(14(3)24-21)11-17-9-10-19(29-17)23(27)28-4/h5-10,12-13H,11H2,1-4H3. The Morgan fingerprint density at radius 1 is 1.20 bits per heavy atom. The van der Waals surface area contributed by atoms with Gasteiger partial charge in [0.05, 0.1) is 19.0 Å². The van der Waals surface area contributed by atoms with Crippen LogP contribution in [-0.4, -0.2) is 22.6 Å². The van der Waals surface area contributed by atoms with Gasteiger partial charge in [-0.1, -0.05) is 38.1 Å². The lowest BCUT2D eigenvalue weighted by Crippen LogP contribution is -2.24. The van der Waals surface area contributed by atoms with Gasteiger partial charge in [0.2, 0.25) is 5.76 Å². The van der Waals surface area contributed by atoms with Gasteiger partial charge in [-0.25, -0.2) is 9.78 Å². The number of benzene rings is 1. The summed E-state index contributed by atoms with van der Waals surface area (Å²) in [5.41, 5.74) is 3.00. The third-order valence-corrected chi connectivity index (χ3v) is 6.01. The molecule has 0 amide bonds. The molecule has 0 N–H and O–H groups in total. The quantitative estimate of drug-likeness (QED) is 0.424. The smallest absolute Gasteiger partial charge is 0.373 e.